The molecule has 0 aromatic heterocycles. The molecule has 0 fully saturated rings. The van der Waals surface area contributed by atoms with Crippen molar-refractivity contribution in [2.75, 3.05) is 7.11 Å². The van der Waals surface area contributed by atoms with E-state index in [1.54, 1.807) is 19.2 Å². The highest BCUT2D eigenvalue weighted by atomic mass is 19.1. The van der Waals surface area contributed by atoms with Crippen molar-refractivity contribution in [1.82, 2.24) is 0 Å². The molecular formula is C19H17FO. The van der Waals surface area contributed by atoms with Gasteiger partial charge in [-0.3, -0.25) is 0 Å². The van der Waals surface area contributed by atoms with E-state index >= 15 is 0 Å². The Hall–Kier alpha value is -2.61. The van der Waals surface area contributed by atoms with Gasteiger partial charge in [0.15, 0.2) is 0 Å². The highest BCUT2D eigenvalue weighted by Crippen LogP contribution is 2.21. The lowest BCUT2D eigenvalue weighted by molar-refractivity contribution is 0.415. The number of para-hydroxylation sites is 1. The molecule has 0 aliphatic heterocycles. The van der Waals surface area contributed by atoms with E-state index in [9.17, 15) is 4.39 Å². The molecule has 3 rings (SSSR count). The molecule has 0 bridgehead atoms. The molecule has 0 aliphatic carbocycles. The number of hydrogen-bond acceptors (Lipinski definition) is 1. The first-order chi connectivity index (χ1) is 10.3. The minimum atomic E-state index is -0.172. The average Bonchev–Trinajstić information content (AvgIpc) is 2.57. The molecule has 0 atom stereocenters. The Morgan fingerprint density at radius 1 is 0.667 bits per heavy atom. The van der Waals surface area contributed by atoms with Gasteiger partial charge in [-0.25, -0.2) is 4.39 Å². The number of ether oxygens (including phenoxy) is 1. The molecule has 106 valence electrons. The number of hydrogen-bond donors (Lipinski definition) is 0. The van der Waals surface area contributed by atoms with Crippen molar-refractivity contribution >= 4 is 0 Å². The van der Waals surface area contributed by atoms with Crippen LogP contribution in [0.2, 0.25) is 0 Å². The number of halogens is 1. The van der Waals surface area contributed by atoms with Gasteiger partial charge in [-0.2, -0.15) is 0 Å². The maximum Gasteiger partial charge on any atom is 0.131 e. The highest BCUT2D eigenvalue weighted by Gasteiger charge is 2.01. The predicted molar refractivity (Wildman–Crippen MR) is 84.8 cm³/mol. The molecule has 0 saturated heterocycles. The zero-order valence-corrected chi connectivity index (χ0v) is 11.9. The Labute approximate surface area is 124 Å². The SMILES string of the molecule is COc1ccccc1.Fc1ccccc1-c1ccccc1. The quantitative estimate of drug-likeness (QED) is 0.628. The molecule has 3 aromatic carbocycles. The highest BCUT2D eigenvalue weighted by molar-refractivity contribution is 5.63. The largest absolute Gasteiger partial charge is 0.497 e. The van der Waals surface area contributed by atoms with Crippen molar-refractivity contribution in [3.05, 3.63) is 90.7 Å². The molecule has 0 heterocycles. The van der Waals surface area contributed by atoms with Gasteiger partial charge in [-0.15, -0.1) is 0 Å². The Kier molecular flexibility index (Phi) is 5.53. The van der Waals surface area contributed by atoms with Crippen molar-refractivity contribution < 1.29 is 9.13 Å². The van der Waals surface area contributed by atoms with Crippen molar-refractivity contribution in [3.8, 4) is 16.9 Å². The number of methoxy groups -OCH3 is 1. The van der Waals surface area contributed by atoms with Crippen molar-refractivity contribution in [2.24, 2.45) is 0 Å². The van der Waals surface area contributed by atoms with E-state index < -0.39 is 0 Å². The van der Waals surface area contributed by atoms with Crippen LogP contribution in [0.25, 0.3) is 11.1 Å². The third-order valence-electron chi connectivity index (χ3n) is 2.94. The first kappa shape index (κ1) is 14.8. The normalized spacial score (nSPS) is 9.43. The van der Waals surface area contributed by atoms with E-state index in [1.165, 1.54) is 6.07 Å². The van der Waals surface area contributed by atoms with E-state index in [2.05, 4.69) is 0 Å². The molecule has 0 amide bonds. The predicted octanol–water partition coefficient (Wildman–Crippen LogP) is 5.19. The summed E-state index contributed by atoms with van der Waals surface area (Å²) in [4.78, 5) is 0. The topological polar surface area (TPSA) is 9.23 Å². The van der Waals surface area contributed by atoms with Crippen LogP contribution in [0.15, 0.2) is 84.9 Å². The van der Waals surface area contributed by atoms with Crippen LogP contribution in [0, 0.1) is 5.82 Å². The second-order valence-corrected chi connectivity index (χ2v) is 4.36. The van der Waals surface area contributed by atoms with E-state index in [0.717, 1.165) is 11.3 Å². The summed E-state index contributed by atoms with van der Waals surface area (Å²) >= 11 is 0. The van der Waals surface area contributed by atoms with Crippen molar-refractivity contribution in [3.63, 3.8) is 0 Å². The summed E-state index contributed by atoms with van der Waals surface area (Å²) in [6, 6.07) is 26.0. The van der Waals surface area contributed by atoms with Crippen LogP contribution in [-0.4, -0.2) is 7.11 Å². The summed E-state index contributed by atoms with van der Waals surface area (Å²) in [5.74, 6) is 0.737. The molecule has 2 heteroatoms. The molecule has 0 aliphatic rings. The Morgan fingerprint density at radius 3 is 1.71 bits per heavy atom. The summed E-state index contributed by atoms with van der Waals surface area (Å²) in [5, 5.41) is 0. The molecule has 0 spiro atoms. The van der Waals surface area contributed by atoms with Crippen LogP contribution in [-0.2, 0) is 0 Å². The van der Waals surface area contributed by atoms with Gasteiger partial charge in [-0.05, 0) is 23.8 Å². The van der Waals surface area contributed by atoms with Gasteiger partial charge < -0.3 is 4.74 Å². The molecular weight excluding hydrogens is 263 g/mol. The molecule has 1 nitrogen and oxygen atoms in total. The Balaban J connectivity index is 0.000000173. The maximum atomic E-state index is 13.3. The summed E-state index contributed by atoms with van der Waals surface area (Å²) in [7, 11) is 1.66. The van der Waals surface area contributed by atoms with Gasteiger partial charge in [-0.1, -0.05) is 66.7 Å². The fourth-order valence-corrected chi connectivity index (χ4v) is 1.87. The van der Waals surface area contributed by atoms with Crippen LogP contribution in [0.1, 0.15) is 0 Å². The Bertz CT molecular complexity index is 651. The van der Waals surface area contributed by atoms with Gasteiger partial charge in [0.05, 0.1) is 7.11 Å². The van der Waals surface area contributed by atoms with E-state index in [0.29, 0.717) is 5.56 Å². The van der Waals surface area contributed by atoms with Gasteiger partial charge in [0, 0.05) is 5.56 Å². The average molecular weight is 280 g/mol. The second kappa shape index (κ2) is 7.85. The van der Waals surface area contributed by atoms with Gasteiger partial charge >= 0.3 is 0 Å². The zero-order valence-electron chi connectivity index (χ0n) is 11.9. The molecule has 0 radical (unpaired) electrons. The minimum Gasteiger partial charge on any atom is -0.497 e. The lowest BCUT2D eigenvalue weighted by Crippen LogP contribution is -1.81. The third-order valence-corrected chi connectivity index (χ3v) is 2.94. The fourth-order valence-electron chi connectivity index (χ4n) is 1.87. The maximum absolute atomic E-state index is 13.3. The van der Waals surface area contributed by atoms with E-state index in [-0.39, 0.29) is 5.82 Å². The Morgan fingerprint density at radius 2 is 1.19 bits per heavy atom. The zero-order chi connectivity index (χ0) is 14.9. The molecule has 0 unspecified atom stereocenters. The standard InChI is InChI=1S/C12H9F.C7H8O/c13-12-9-5-4-8-11(12)10-6-2-1-3-7-10;1-8-7-5-3-2-4-6-7/h1-9H;2-6H,1H3. The summed E-state index contributed by atoms with van der Waals surface area (Å²) in [5.41, 5.74) is 1.57. The van der Waals surface area contributed by atoms with Gasteiger partial charge in [0.1, 0.15) is 11.6 Å². The summed E-state index contributed by atoms with van der Waals surface area (Å²) < 4.78 is 18.2. The van der Waals surface area contributed by atoms with Crippen molar-refractivity contribution in [1.29, 1.82) is 0 Å². The lowest BCUT2D eigenvalue weighted by atomic mass is 10.1. The van der Waals surface area contributed by atoms with E-state index in [4.69, 9.17) is 4.74 Å². The lowest BCUT2D eigenvalue weighted by Gasteiger charge is -2.01. The van der Waals surface area contributed by atoms with Crippen LogP contribution in [0.3, 0.4) is 0 Å². The smallest absolute Gasteiger partial charge is 0.131 e. The summed E-state index contributed by atoms with van der Waals surface area (Å²) in [6.45, 7) is 0. The fraction of sp³-hybridized carbons (Fsp3) is 0.0526. The van der Waals surface area contributed by atoms with E-state index in [1.807, 2.05) is 66.7 Å². The molecule has 21 heavy (non-hydrogen) atoms. The van der Waals surface area contributed by atoms with Crippen LogP contribution in [0.4, 0.5) is 4.39 Å². The first-order valence-electron chi connectivity index (χ1n) is 6.70. The number of benzene rings is 3. The second-order valence-electron chi connectivity index (χ2n) is 4.36. The minimum absolute atomic E-state index is 0.172. The van der Waals surface area contributed by atoms with Crippen LogP contribution in [0.5, 0.6) is 5.75 Å². The monoisotopic (exact) mass is 280 g/mol. The molecule has 3 aromatic rings. The first-order valence-corrected chi connectivity index (χ1v) is 6.70. The summed E-state index contributed by atoms with van der Waals surface area (Å²) in [6.07, 6.45) is 0. The van der Waals surface area contributed by atoms with Gasteiger partial charge in [0.2, 0.25) is 0 Å². The van der Waals surface area contributed by atoms with Crippen molar-refractivity contribution in [2.45, 2.75) is 0 Å². The third kappa shape index (κ3) is 4.46. The molecule has 0 saturated carbocycles. The van der Waals surface area contributed by atoms with Crippen LogP contribution >= 0.6 is 0 Å². The molecule has 0 N–H and O–H groups in total. The van der Waals surface area contributed by atoms with Gasteiger partial charge in [0.25, 0.3) is 0 Å². The van der Waals surface area contributed by atoms with Crippen LogP contribution < -0.4 is 4.74 Å². The number of rotatable bonds is 2.